The molecule has 7 heteroatoms. The molecule has 0 fully saturated rings. The molecule has 0 amide bonds. The van der Waals surface area contributed by atoms with Crippen LogP contribution in [0.25, 0.3) is 12.2 Å². The normalized spacial score (nSPS) is 16.3. The predicted octanol–water partition coefficient (Wildman–Crippen LogP) is 3.69. The van der Waals surface area contributed by atoms with Crippen LogP contribution in [0.1, 0.15) is 23.4 Å². The van der Waals surface area contributed by atoms with Gasteiger partial charge in [0.2, 0.25) is 0 Å². The number of allylic oxidation sites excluding steroid dienone is 2. The van der Waals surface area contributed by atoms with E-state index in [1.54, 1.807) is 17.6 Å². The molecule has 1 unspecified atom stereocenters. The highest BCUT2D eigenvalue weighted by Gasteiger charge is 2.33. The molecule has 5 nitrogen and oxygen atoms in total. The molecule has 2 aromatic heterocycles. The van der Waals surface area contributed by atoms with Gasteiger partial charge < -0.3 is 4.74 Å². The van der Waals surface area contributed by atoms with Gasteiger partial charge in [-0.2, -0.15) is 0 Å². The first-order valence-electron chi connectivity index (χ1n) is 9.66. The van der Waals surface area contributed by atoms with E-state index < -0.39 is 12.0 Å². The average Bonchev–Trinajstić information content (AvgIpc) is 3.41. The minimum Gasteiger partial charge on any atom is -0.458 e. The number of esters is 1. The van der Waals surface area contributed by atoms with Crippen LogP contribution >= 0.6 is 22.7 Å². The van der Waals surface area contributed by atoms with Crippen LogP contribution in [0.3, 0.4) is 0 Å². The summed E-state index contributed by atoms with van der Waals surface area (Å²) in [6, 6.07) is 13.1. The van der Waals surface area contributed by atoms with Crippen molar-refractivity contribution in [2.75, 3.05) is 6.61 Å². The van der Waals surface area contributed by atoms with E-state index in [0.717, 1.165) is 10.4 Å². The van der Waals surface area contributed by atoms with Crippen molar-refractivity contribution in [3.63, 3.8) is 0 Å². The SMILES string of the molecule is C=CCOC(=O)C1=C(C)N=c2s/c(=C\C=C\c3ccccc3)c(=O)n2C1c1cccs1. The van der Waals surface area contributed by atoms with Crippen LogP contribution in [-0.2, 0) is 9.53 Å². The van der Waals surface area contributed by atoms with Crippen molar-refractivity contribution in [2.45, 2.75) is 13.0 Å². The molecule has 1 aliphatic rings. The molecule has 0 spiro atoms. The van der Waals surface area contributed by atoms with Crippen molar-refractivity contribution in [1.82, 2.24) is 4.57 Å². The van der Waals surface area contributed by atoms with Crippen molar-refractivity contribution >= 4 is 40.8 Å². The van der Waals surface area contributed by atoms with Gasteiger partial charge in [-0.25, -0.2) is 9.79 Å². The summed E-state index contributed by atoms with van der Waals surface area (Å²) < 4.78 is 7.45. The standard InChI is InChI=1S/C24H20N2O3S2/c1-3-14-29-23(28)20-16(2)25-24-26(21(20)18-13-8-15-30-18)22(27)19(31-24)12-7-11-17-9-5-4-6-10-17/h3-13,15,21H,1,14H2,2H3/b11-7+,19-12-. The van der Waals surface area contributed by atoms with Crippen LogP contribution in [0.15, 0.2) is 87.6 Å². The number of fused-ring (bicyclic) bond motifs is 1. The molecule has 0 bridgehead atoms. The number of aromatic nitrogens is 1. The summed E-state index contributed by atoms with van der Waals surface area (Å²) in [5.74, 6) is -0.488. The van der Waals surface area contributed by atoms with E-state index in [2.05, 4.69) is 11.6 Å². The number of benzene rings is 1. The molecular weight excluding hydrogens is 428 g/mol. The molecule has 1 aromatic carbocycles. The smallest absolute Gasteiger partial charge is 0.338 e. The zero-order chi connectivity index (χ0) is 21.8. The second kappa shape index (κ2) is 9.24. The number of ether oxygens (including phenoxy) is 1. The summed E-state index contributed by atoms with van der Waals surface area (Å²) in [5, 5.41) is 1.93. The second-order valence-corrected chi connectivity index (χ2v) is 8.76. The molecule has 0 radical (unpaired) electrons. The van der Waals surface area contributed by atoms with E-state index in [0.29, 0.717) is 20.6 Å². The van der Waals surface area contributed by atoms with Crippen molar-refractivity contribution < 1.29 is 9.53 Å². The number of nitrogens with zero attached hydrogens (tertiary/aromatic N) is 2. The van der Waals surface area contributed by atoms with Gasteiger partial charge >= 0.3 is 5.97 Å². The van der Waals surface area contributed by atoms with Gasteiger partial charge in [-0.05, 0) is 30.0 Å². The van der Waals surface area contributed by atoms with Crippen molar-refractivity contribution in [1.29, 1.82) is 0 Å². The van der Waals surface area contributed by atoms with E-state index in [1.165, 1.54) is 28.7 Å². The average molecular weight is 449 g/mol. The Morgan fingerprint density at radius 3 is 2.77 bits per heavy atom. The summed E-state index contributed by atoms with van der Waals surface area (Å²) in [6.07, 6.45) is 7.10. The molecule has 1 aliphatic heterocycles. The Balaban J connectivity index is 1.81. The molecule has 1 atom stereocenters. The number of carbonyl (C=O) groups excluding carboxylic acids is 1. The number of hydrogen-bond donors (Lipinski definition) is 0. The van der Waals surface area contributed by atoms with E-state index in [4.69, 9.17) is 4.74 Å². The van der Waals surface area contributed by atoms with Gasteiger partial charge in [0.25, 0.3) is 5.56 Å². The van der Waals surface area contributed by atoms with Crippen molar-refractivity contribution in [3.05, 3.63) is 108 Å². The third-order valence-electron chi connectivity index (χ3n) is 4.72. The Morgan fingerprint density at radius 1 is 1.26 bits per heavy atom. The fraction of sp³-hybridized carbons (Fsp3) is 0.125. The van der Waals surface area contributed by atoms with Crippen LogP contribution in [0.2, 0.25) is 0 Å². The molecule has 0 aliphatic carbocycles. The van der Waals surface area contributed by atoms with Crippen LogP contribution in [0.5, 0.6) is 0 Å². The lowest BCUT2D eigenvalue weighted by Crippen LogP contribution is -2.39. The largest absolute Gasteiger partial charge is 0.458 e. The van der Waals surface area contributed by atoms with Gasteiger partial charge in [-0.15, -0.1) is 11.3 Å². The van der Waals surface area contributed by atoms with Crippen LogP contribution in [-0.4, -0.2) is 17.1 Å². The lowest BCUT2D eigenvalue weighted by atomic mass is 10.0. The summed E-state index contributed by atoms with van der Waals surface area (Å²) in [6.45, 7) is 5.46. The van der Waals surface area contributed by atoms with Gasteiger partial charge in [-0.3, -0.25) is 9.36 Å². The second-order valence-electron chi connectivity index (χ2n) is 6.78. The molecule has 0 N–H and O–H groups in total. The number of thiazole rings is 1. The van der Waals surface area contributed by atoms with Gasteiger partial charge in [-0.1, -0.05) is 72.5 Å². The molecule has 31 heavy (non-hydrogen) atoms. The van der Waals surface area contributed by atoms with Gasteiger partial charge in [0, 0.05) is 4.88 Å². The molecule has 0 saturated heterocycles. The molecule has 0 saturated carbocycles. The number of rotatable bonds is 6. The Labute approximate surface area is 187 Å². The summed E-state index contributed by atoms with van der Waals surface area (Å²) >= 11 is 2.80. The number of hydrogen-bond acceptors (Lipinski definition) is 6. The molecule has 156 valence electrons. The van der Waals surface area contributed by atoms with Crippen molar-refractivity contribution in [3.8, 4) is 0 Å². The molecule has 3 aromatic rings. The Morgan fingerprint density at radius 2 is 2.06 bits per heavy atom. The fourth-order valence-corrected chi connectivity index (χ4v) is 5.16. The summed E-state index contributed by atoms with van der Waals surface area (Å²) in [5.41, 5.74) is 1.80. The minimum absolute atomic E-state index is 0.0987. The summed E-state index contributed by atoms with van der Waals surface area (Å²) in [7, 11) is 0. The summed E-state index contributed by atoms with van der Waals surface area (Å²) in [4.78, 5) is 32.1. The third-order valence-corrected chi connectivity index (χ3v) is 6.65. The van der Waals surface area contributed by atoms with Crippen molar-refractivity contribution in [2.24, 2.45) is 4.99 Å². The highest BCUT2D eigenvalue weighted by molar-refractivity contribution is 7.10. The van der Waals surface area contributed by atoms with Gasteiger partial charge in [0.05, 0.1) is 15.8 Å². The van der Waals surface area contributed by atoms with Gasteiger partial charge in [0.15, 0.2) is 4.80 Å². The van der Waals surface area contributed by atoms with Crippen LogP contribution in [0.4, 0.5) is 0 Å². The van der Waals surface area contributed by atoms with Crippen LogP contribution in [0, 0.1) is 0 Å². The van der Waals surface area contributed by atoms with E-state index >= 15 is 0 Å². The highest BCUT2D eigenvalue weighted by atomic mass is 32.1. The fourth-order valence-electron chi connectivity index (χ4n) is 3.34. The number of thiophene rings is 1. The first kappa shape index (κ1) is 21.0. The Bertz CT molecular complexity index is 1340. The van der Waals surface area contributed by atoms with Gasteiger partial charge in [0.1, 0.15) is 12.6 Å². The molecular formula is C24H20N2O3S2. The molecule has 4 rings (SSSR count). The zero-order valence-corrected chi connectivity index (χ0v) is 18.5. The quantitative estimate of drug-likeness (QED) is 0.427. The molecule has 3 heterocycles. The van der Waals surface area contributed by atoms with E-state index in [9.17, 15) is 9.59 Å². The maximum Gasteiger partial charge on any atom is 0.338 e. The third kappa shape index (κ3) is 4.28. The highest BCUT2D eigenvalue weighted by Crippen LogP contribution is 2.33. The Kier molecular flexibility index (Phi) is 6.25. The zero-order valence-electron chi connectivity index (χ0n) is 16.9. The lowest BCUT2D eigenvalue weighted by molar-refractivity contribution is -0.138. The minimum atomic E-state index is -0.561. The topological polar surface area (TPSA) is 60.7 Å². The van der Waals surface area contributed by atoms with Crippen LogP contribution < -0.4 is 14.9 Å². The maximum absolute atomic E-state index is 13.3. The Hall–Kier alpha value is -3.29. The maximum atomic E-state index is 13.3. The lowest BCUT2D eigenvalue weighted by Gasteiger charge is -2.23. The monoisotopic (exact) mass is 448 g/mol. The predicted molar refractivity (Wildman–Crippen MR) is 126 cm³/mol. The first-order chi connectivity index (χ1) is 15.1. The van der Waals surface area contributed by atoms with E-state index in [-0.39, 0.29) is 12.2 Å². The first-order valence-corrected chi connectivity index (χ1v) is 11.4. The van der Waals surface area contributed by atoms with E-state index in [1.807, 2.05) is 60.0 Å². The number of carbonyl (C=O) groups is 1.